The molecule has 0 radical (unpaired) electrons. The summed E-state index contributed by atoms with van der Waals surface area (Å²) in [5, 5.41) is 18.0. The highest BCUT2D eigenvalue weighted by Crippen LogP contribution is 2.30. The largest absolute Gasteiger partial charge is 0.478 e. The number of H-pyrrole nitrogens is 1. The van der Waals surface area contributed by atoms with Gasteiger partial charge in [0.05, 0.1) is 33.6 Å². The lowest BCUT2D eigenvalue weighted by atomic mass is 10.0. The normalized spacial score (nSPS) is 14.3. The van der Waals surface area contributed by atoms with Gasteiger partial charge in [-0.15, -0.1) is 11.3 Å². The summed E-state index contributed by atoms with van der Waals surface area (Å²) in [6.07, 6.45) is 2.90. The number of carbonyl (C=O) groups excluding carboxylic acids is 1. The van der Waals surface area contributed by atoms with Crippen LogP contribution in [0.4, 0.5) is 0 Å². The van der Waals surface area contributed by atoms with Crippen LogP contribution in [0.2, 0.25) is 0 Å². The van der Waals surface area contributed by atoms with E-state index in [9.17, 15) is 14.7 Å². The minimum atomic E-state index is -1.08. The fourth-order valence-electron chi connectivity index (χ4n) is 2.65. The van der Waals surface area contributed by atoms with Crippen LogP contribution in [0.15, 0.2) is 24.5 Å². The number of fused-ring (bicyclic) bond motifs is 1. The zero-order valence-corrected chi connectivity index (χ0v) is 13.6. The first-order chi connectivity index (χ1) is 12.1. The Morgan fingerprint density at radius 1 is 1.40 bits per heavy atom. The van der Waals surface area contributed by atoms with Crippen molar-refractivity contribution in [3.8, 4) is 16.6 Å². The van der Waals surface area contributed by atoms with Crippen LogP contribution in [-0.2, 0) is 0 Å². The molecule has 0 aromatic carbocycles. The van der Waals surface area contributed by atoms with Crippen molar-refractivity contribution in [2.75, 3.05) is 13.1 Å². The van der Waals surface area contributed by atoms with Gasteiger partial charge in [0.15, 0.2) is 5.65 Å². The zero-order valence-electron chi connectivity index (χ0n) is 12.8. The van der Waals surface area contributed by atoms with Gasteiger partial charge in [0.25, 0.3) is 5.91 Å². The van der Waals surface area contributed by atoms with Crippen LogP contribution in [0.1, 0.15) is 20.0 Å². The Morgan fingerprint density at radius 2 is 2.20 bits per heavy atom. The summed E-state index contributed by atoms with van der Waals surface area (Å²) in [6, 6.07) is 5.62. The number of hydrogen-bond donors (Lipinski definition) is 2. The number of aromatic amines is 1. The topological polar surface area (TPSA) is 123 Å². The van der Waals surface area contributed by atoms with Crippen molar-refractivity contribution in [1.29, 1.82) is 5.26 Å². The molecule has 0 aliphatic carbocycles. The van der Waals surface area contributed by atoms with E-state index >= 15 is 0 Å². The second-order valence-electron chi connectivity index (χ2n) is 5.66. The average molecular weight is 353 g/mol. The SMILES string of the molecule is N#CC1CN(C(=O)c2ccc(-c3cnc4[nH]cc(C(=O)O)c4n3)s2)C1. The van der Waals surface area contributed by atoms with E-state index in [1.54, 1.807) is 23.2 Å². The van der Waals surface area contributed by atoms with Gasteiger partial charge in [-0.25, -0.2) is 14.8 Å². The summed E-state index contributed by atoms with van der Waals surface area (Å²) in [6.45, 7) is 0.916. The Labute approximate surface area is 145 Å². The van der Waals surface area contributed by atoms with Crippen LogP contribution in [0, 0.1) is 17.2 Å². The van der Waals surface area contributed by atoms with Crippen LogP contribution in [0.3, 0.4) is 0 Å². The van der Waals surface area contributed by atoms with Gasteiger partial charge in [0.2, 0.25) is 0 Å². The van der Waals surface area contributed by atoms with E-state index in [1.807, 2.05) is 0 Å². The van der Waals surface area contributed by atoms with Gasteiger partial charge in [-0.05, 0) is 12.1 Å². The van der Waals surface area contributed by atoms with Crippen LogP contribution >= 0.6 is 11.3 Å². The molecule has 124 valence electrons. The number of likely N-dealkylation sites (tertiary alicyclic amines) is 1. The Hall–Kier alpha value is -3.25. The van der Waals surface area contributed by atoms with Gasteiger partial charge in [-0.3, -0.25) is 4.79 Å². The predicted octanol–water partition coefficient (Wildman–Crippen LogP) is 1.98. The number of hydrogen-bond acceptors (Lipinski definition) is 6. The third kappa shape index (κ3) is 2.53. The maximum absolute atomic E-state index is 12.4. The summed E-state index contributed by atoms with van der Waals surface area (Å²) >= 11 is 1.27. The summed E-state index contributed by atoms with van der Waals surface area (Å²) in [7, 11) is 0. The molecule has 1 aliphatic heterocycles. The molecule has 9 heteroatoms. The lowest BCUT2D eigenvalue weighted by molar-refractivity contribution is 0.0582. The molecule has 0 spiro atoms. The van der Waals surface area contributed by atoms with Gasteiger partial charge in [-0.2, -0.15) is 5.26 Å². The summed E-state index contributed by atoms with van der Waals surface area (Å²) in [4.78, 5) is 37.8. The van der Waals surface area contributed by atoms with Crippen LogP contribution in [0.5, 0.6) is 0 Å². The Morgan fingerprint density at radius 3 is 2.92 bits per heavy atom. The molecule has 1 fully saturated rings. The highest BCUT2D eigenvalue weighted by Gasteiger charge is 2.31. The van der Waals surface area contributed by atoms with Crippen LogP contribution in [-0.4, -0.2) is 49.9 Å². The summed E-state index contributed by atoms with van der Waals surface area (Å²) in [5.41, 5.74) is 1.25. The third-order valence-corrected chi connectivity index (χ3v) is 5.13. The third-order valence-electron chi connectivity index (χ3n) is 4.03. The van der Waals surface area contributed by atoms with E-state index in [4.69, 9.17) is 5.26 Å². The summed E-state index contributed by atoms with van der Waals surface area (Å²) in [5.74, 6) is -1.27. The summed E-state index contributed by atoms with van der Waals surface area (Å²) < 4.78 is 0. The Bertz CT molecular complexity index is 1040. The Kier molecular flexibility index (Phi) is 3.47. The quantitative estimate of drug-likeness (QED) is 0.742. The van der Waals surface area contributed by atoms with Crippen LogP contribution in [0.25, 0.3) is 21.7 Å². The Balaban J connectivity index is 1.63. The number of nitriles is 1. The number of aromatic carboxylic acids is 1. The van der Waals surface area contributed by atoms with Crippen molar-refractivity contribution in [1.82, 2.24) is 19.9 Å². The molecule has 4 rings (SSSR count). The highest BCUT2D eigenvalue weighted by molar-refractivity contribution is 7.17. The molecule has 2 N–H and O–H groups in total. The van der Waals surface area contributed by atoms with Gasteiger partial charge in [0, 0.05) is 19.3 Å². The molecule has 1 amide bonds. The molecule has 0 unspecified atom stereocenters. The molecule has 4 heterocycles. The van der Waals surface area contributed by atoms with Crippen molar-refractivity contribution in [3.63, 3.8) is 0 Å². The molecule has 3 aromatic rings. The van der Waals surface area contributed by atoms with Gasteiger partial charge in [0.1, 0.15) is 11.1 Å². The molecule has 1 saturated heterocycles. The number of nitrogens with zero attached hydrogens (tertiary/aromatic N) is 4. The number of nitrogens with one attached hydrogen (secondary N) is 1. The lowest BCUT2D eigenvalue weighted by Crippen LogP contribution is -2.49. The maximum atomic E-state index is 12.4. The zero-order chi connectivity index (χ0) is 17.6. The molecule has 1 aliphatic rings. The van der Waals surface area contributed by atoms with Crippen molar-refractivity contribution in [2.24, 2.45) is 5.92 Å². The van der Waals surface area contributed by atoms with Crippen LogP contribution < -0.4 is 0 Å². The second kappa shape index (κ2) is 5.68. The smallest absolute Gasteiger partial charge is 0.339 e. The molecule has 0 saturated carbocycles. The van der Waals surface area contributed by atoms with Gasteiger partial charge >= 0.3 is 5.97 Å². The minimum Gasteiger partial charge on any atom is -0.478 e. The van der Waals surface area contributed by atoms with E-state index in [2.05, 4.69) is 21.0 Å². The number of thiophene rings is 1. The highest BCUT2D eigenvalue weighted by atomic mass is 32.1. The van der Waals surface area contributed by atoms with Crippen molar-refractivity contribution in [3.05, 3.63) is 35.0 Å². The minimum absolute atomic E-state index is 0.0559. The molecule has 25 heavy (non-hydrogen) atoms. The molecule has 3 aromatic heterocycles. The first kappa shape index (κ1) is 15.3. The fourth-order valence-corrected chi connectivity index (χ4v) is 3.57. The number of carbonyl (C=O) groups is 2. The van der Waals surface area contributed by atoms with Gasteiger partial charge in [-0.1, -0.05) is 0 Å². The van der Waals surface area contributed by atoms with E-state index in [1.165, 1.54) is 17.5 Å². The average Bonchev–Trinajstić information content (AvgIpc) is 3.20. The van der Waals surface area contributed by atoms with Crippen molar-refractivity contribution in [2.45, 2.75) is 0 Å². The number of aromatic nitrogens is 3. The lowest BCUT2D eigenvalue weighted by Gasteiger charge is -2.34. The predicted molar refractivity (Wildman–Crippen MR) is 89.2 cm³/mol. The van der Waals surface area contributed by atoms with E-state index in [0.717, 1.165) is 4.88 Å². The first-order valence-corrected chi connectivity index (χ1v) is 8.25. The standard InChI is InChI=1S/C16H11N5O3S/c17-3-8-6-21(7-8)15(22)12-2-1-11(25-12)10-5-19-14-13(20-10)9(4-18-14)16(23)24/h1-2,4-5,8H,6-7H2,(H,18,19)(H,23,24). The van der Waals surface area contributed by atoms with E-state index in [-0.39, 0.29) is 22.9 Å². The molecular formula is C16H11N5O3S. The number of amides is 1. The molecular weight excluding hydrogens is 342 g/mol. The molecule has 0 bridgehead atoms. The first-order valence-electron chi connectivity index (χ1n) is 7.43. The monoisotopic (exact) mass is 353 g/mol. The van der Waals surface area contributed by atoms with Crippen molar-refractivity contribution >= 4 is 34.4 Å². The van der Waals surface area contributed by atoms with E-state index < -0.39 is 5.97 Å². The second-order valence-corrected chi connectivity index (χ2v) is 6.74. The fraction of sp³-hybridized carbons (Fsp3) is 0.188. The molecule has 0 atom stereocenters. The number of carboxylic acids is 1. The molecule has 8 nitrogen and oxygen atoms in total. The maximum Gasteiger partial charge on any atom is 0.339 e. The van der Waals surface area contributed by atoms with Crippen molar-refractivity contribution < 1.29 is 14.7 Å². The van der Waals surface area contributed by atoms with E-state index in [0.29, 0.717) is 29.3 Å². The van der Waals surface area contributed by atoms with Gasteiger partial charge < -0.3 is 15.0 Å². The number of rotatable bonds is 3. The number of carboxylic acid groups (broad SMARTS) is 1.